The Morgan fingerprint density at radius 3 is 2.88 bits per heavy atom. The van der Waals surface area contributed by atoms with Crippen molar-refractivity contribution in [3.63, 3.8) is 0 Å². The summed E-state index contributed by atoms with van der Waals surface area (Å²) in [4.78, 5) is 27.3. The van der Waals surface area contributed by atoms with Gasteiger partial charge in [-0.3, -0.25) is 9.59 Å². The summed E-state index contributed by atoms with van der Waals surface area (Å²) in [5.41, 5.74) is 2.62. The number of hydrogen-bond donors (Lipinski definition) is 2. The number of amides is 1. The summed E-state index contributed by atoms with van der Waals surface area (Å²) in [5, 5.41) is 2.72. The number of H-pyrrole nitrogens is 1. The van der Waals surface area contributed by atoms with Crippen LogP contribution in [0.15, 0.2) is 24.3 Å². The Balaban J connectivity index is 1.58. The van der Waals surface area contributed by atoms with Gasteiger partial charge in [0, 0.05) is 17.7 Å². The lowest BCUT2D eigenvalue weighted by molar-refractivity contribution is 0.0941. The molecule has 0 fully saturated rings. The molecule has 0 atom stereocenters. The molecule has 6 heteroatoms. The van der Waals surface area contributed by atoms with Crippen LogP contribution in [0.5, 0.6) is 5.75 Å². The summed E-state index contributed by atoms with van der Waals surface area (Å²) in [6.07, 6.45) is 2.12. The summed E-state index contributed by atoms with van der Waals surface area (Å²) < 4.78 is 18.7. The Kier molecular flexibility index (Phi) is 4.64. The van der Waals surface area contributed by atoms with Gasteiger partial charge < -0.3 is 15.0 Å². The van der Waals surface area contributed by atoms with Gasteiger partial charge in [0.15, 0.2) is 17.3 Å². The fourth-order valence-electron chi connectivity index (χ4n) is 2.98. The molecule has 0 saturated heterocycles. The van der Waals surface area contributed by atoms with Crippen molar-refractivity contribution in [2.24, 2.45) is 0 Å². The molecule has 3 rings (SSSR count). The van der Waals surface area contributed by atoms with Gasteiger partial charge in [-0.1, -0.05) is 12.1 Å². The number of benzene rings is 1. The molecule has 0 radical (unpaired) electrons. The topological polar surface area (TPSA) is 71.2 Å². The van der Waals surface area contributed by atoms with Gasteiger partial charge in [-0.25, -0.2) is 4.39 Å². The van der Waals surface area contributed by atoms with E-state index in [9.17, 15) is 14.0 Å². The molecule has 0 spiro atoms. The standard InChI is InChI=1S/C18H19FN2O3/c1-11-16-13(6-4-7-14(16)22)21-17(11)18(23)20-9-10-24-15-8-3-2-5-12(15)19/h2-3,5,8,21H,4,6-7,9-10H2,1H3,(H,20,23). The van der Waals surface area contributed by atoms with Crippen LogP contribution in [0.25, 0.3) is 0 Å². The number of Topliss-reactive ketones (excluding diaryl/α,β-unsaturated/α-hetero) is 1. The van der Waals surface area contributed by atoms with E-state index in [1.807, 2.05) is 0 Å². The Morgan fingerprint density at radius 2 is 2.12 bits per heavy atom. The predicted molar refractivity (Wildman–Crippen MR) is 87.0 cm³/mol. The van der Waals surface area contributed by atoms with Crippen molar-refractivity contribution in [2.75, 3.05) is 13.2 Å². The smallest absolute Gasteiger partial charge is 0.268 e. The number of hydrogen-bond acceptors (Lipinski definition) is 3. The highest BCUT2D eigenvalue weighted by atomic mass is 19.1. The van der Waals surface area contributed by atoms with Crippen molar-refractivity contribution >= 4 is 11.7 Å². The molecule has 1 aliphatic carbocycles. The van der Waals surface area contributed by atoms with Gasteiger partial charge in [0.1, 0.15) is 12.3 Å². The number of ketones is 1. The average molecular weight is 330 g/mol. The van der Waals surface area contributed by atoms with Crippen LogP contribution in [0.2, 0.25) is 0 Å². The summed E-state index contributed by atoms with van der Waals surface area (Å²) in [5.74, 6) is -0.474. The van der Waals surface area contributed by atoms with Crippen LogP contribution in [0, 0.1) is 12.7 Å². The molecule has 0 bridgehead atoms. The lowest BCUT2D eigenvalue weighted by Crippen LogP contribution is -2.29. The van der Waals surface area contributed by atoms with Crippen molar-refractivity contribution in [3.8, 4) is 5.75 Å². The van der Waals surface area contributed by atoms with Gasteiger partial charge in [-0.2, -0.15) is 0 Å². The van der Waals surface area contributed by atoms with E-state index in [4.69, 9.17) is 4.74 Å². The van der Waals surface area contributed by atoms with Gasteiger partial charge in [-0.05, 0) is 37.5 Å². The number of ether oxygens (including phenoxy) is 1. The van der Waals surface area contributed by atoms with Crippen LogP contribution in [0.1, 0.15) is 44.9 Å². The maximum atomic E-state index is 13.4. The van der Waals surface area contributed by atoms with Gasteiger partial charge in [0.25, 0.3) is 5.91 Å². The average Bonchev–Trinajstić information content (AvgIpc) is 2.91. The molecular formula is C18H19FN2O3. The molecule has 126 valence electrons. The largest absolute Gasteiger partial charge is 0.489 e. The lowest BCUT2D eigenvalue weighted by atomic mass is 9.94. The molecule has 1 heterocycles. The van der Waals surface area contributed by atoms with Gasteiger partial charge in [0.2, 0.25) is 0 Å². The third-order valence-electron chi connectivity index (χ3n) is 4.15. The summed E-state index contributed by atoms with van der Waals surface area (Å²) in [6.45, 7) is 2.18. The highest BCUT2D eigenvalue weighted by Crippen LogP contribution is 2.26. The van der Waals surface area contributed by atoms with Crippen LogP contribution in [-0.4, -0.2) is 29.8 Å². The number of carbonyl (C=O) groups is 2. The molecule has 0 saturated carbocycles. The Labute approximate surface area is 139 Å². The first-order valence-electron chi connectivity index (χ1n) is 7.98. The van der Waals surface area contributed by atoms with Crippen molar-refractivity contribution in [3.05, 3.63) is 52.6 Å². The van der Waals surface area contributed by atoms with Crippen LogP contribution in [-0.2, 0) is 6.42 Å². The Bertz CT molecular complexity index is 783. The number of para-hydroxylation sites is 1. The van der Waals surface area contributed by atoms with Gasteiger partial charge >= 0.3 is 0 Å². The van der Waals surface area contributed by atoms with Crippen molar-refractivity contribution in [1.29, 1.82) is 0 Å². The second-order valence-corrected chi connectivity index (χ2v) is 5.79. The molecule has 24 heavy (non-hydrogen) atoms. The number of nitrogens with one attached hydrogen (secondary N) is 2. The maximum absolute atomic E-state index is 13.4. The number of rotatable bonds is 5. The van der Waals surface area contributed by atoms with E-state index in [-0.39, 0.29) is 30.6 Å². The molecule has 2 aromatic rings. The third kappa shape index (κ3) is 3.18. The summed E-state index contributed by atoms with van der Waals surface area (Å²) in [6, 6.07) is 6.12. The summed E-state index contributed by atoms with van der Waals surface area (Å²) >= 11 is 0. The molecule has 1 aliphatic rings. The minimum absolute atomic E-state index is 0.0898. The zero-order valence-electron chi connectivity index (χ0n) is 13.4. The first-order valence-corrected chi connectivity index (χ1v) is 7.98. The second-order valence-electron chi connectivity index (χ2n) is 5.79. The molecule has 1 aromatic carbocycles. The SMILES string of the molecule is Cc1c(C(=O)NCCOc2ccccc2F)[nH]c2c1C(=O)CCC2. The lowest BCUT2D eigenvalue weighted by Gasteiger charge is -2.09. The Morgan fingerprint density at radius 1 is 1.33 bits per heavy atom. The van der Waals surface area contributed by atoms with E-state index in [2.05, 4.69) is 10.3 Å². The fourth-order valence-corrected chi connectivity index (χ4v) is 2.98. The van der Waals surface area contributed by atoms with E-state index >= 15 is 0 Å². The normalized spacial score (nSPS) is 13.5. The first kappa shape index (κ1) is 16.2. The number of aromatic amines is 1. The number of aryl methyl sites for hydroxylation is 1. The zero-order chi connectivity index (χ0) is 17.1. The molecule has 0 aliphatic heterocycles. The third-order valence-corrected chi connectivity index (χ3v) is 4.15. The number of fused-ring (bicyclic) bond motifs is 1. The molecular weight excluding hydrogens is 311 g/mol. The number of carbonyl (C=O) groups excluding carboxylic acids is 2. The van der Waals surface area contributed by atoms with E-state index < -0.39 is 5.82 Å². The fraction of sp³-hybridized carbons (Fsp3) is 0.333. The monoisotopic (exact) mass is 330 g/mol. The molecule has 5 nitrogen and oxygen atoms in total. The minimum atomic E-state index is -0.435. The molecule has 0 unspecified atom stereocenters. The van der Waals surface area contributed by atoms with Gasteiger partial charge in [-0.15, -0.1) is 0 Å². The van der Waals surface area contributed by atoms with Crippen molar-refractivity contribution in [1.82, 2.24) is 10.3 Å². The number of aromatic nitrogens is 1. The molecule has 1 aromatic heterocycles. The van der Waals surface area contributed by atoms with E-state index in [0.717, 1.165) is 18.5 Å². The van der Waals surface area contributed by atoms with Crippen LogP contribution in [0.3, 0.4) is 0 Å². The first-order chi connectivity index (χ1) is 11.6. The number of halogens is 1. The van der Waals surface area contributed by atoms with E-state index in [1.54, 1.807) is 19.1 Å². The van der Waals surface area contributed by atoms with Crippen LogP contribution in [0.4, 0.5) is 4.39 Å². The van der Waals surface area contributed by atoms with Crippen molar-refractivity contribution < 1.29 is 18.7 Å². The minimum Gasteiger partial charge on any atom is -0.489 e. The molecule has 1 amide bonds. The summed E-state index contributed by atoms with van der Waals surface area (Å²) in [7, 11) is 0. The zero-order valence-corrected chi connectivity index (χ0v) is 13.4. The van der Waals surface area contributed by atoms with Crippen molar-refractivity contribution in [2.45, 2.75) is 26.2 Å². The van der Waals surface area contributed by atoms with E-state index in [1.165, 1.54) is 12.1 Å². The van der Waals surface area contributed by atoms with Crippen LogP contribution >= 0.6 is 0 Å². The highest BCUT2D eigenvalue weighted by molar-refractivity contribution is 6.04. The second kappa shape index (κ2) is 6.86. The van der Waals surface area contributed by atoms with E-state index in [0.29, 0.717) is 23.2 Å². The predicted octanol–water partition coefficient (Wildman–Crippen LogP) is 2.79. The highest BCUT2D eigenvalue weighted by Gasteiger charge is 2.26. The molecule has 2 N–H and O–H groups in total. The van der Waals surface area contributed by atoms with Gasteiger partial charge in [0.05, 0.1) is 6.54 Å². The Hall–Kier alpha value is -2.63. The maximum Gasteiger partial charge on any atom is 0.268 e. The van der Waals surface area contributed by atoms with Crippen LogP contribution < -0.4 is 10.1 Å². The quantitative estimate of drug-likeness (QED) is 0.828.